The third-order valence-corrected chi connectivity index (χ3v) is 4.85. The van der Waals surface area contributed by atoms with Gasteiger partial charge in [-0.3, -0.25) is 9.20 Å². The number of ether oxygens (including phenoxy) is 1. The molecule has 0 aliphatic rings. The number of hydrogen-bond donors (Lipinski definition) is 1. The van der Waals surface area contributed by atoms with Gasteiger partial charge in [-0.2, -0.15) is 0 Å². The molecule has 28 heavy (non-hydrogen) atoms. The molecule has 0 saturated carbocycles. The Labute approximate surface area is 171 Å². The molecule has 0 bridgehead atoms. The number of nitrogens with zero attached hydrogens (tertiary/aromatic N) is 2. The van der Waals surface area contributed by atoms with Crippen LogP contribution in [0.15, 0.2) is 42.6 Å². The van der Waals surface area contributed by atoms with Crippen molar-refractivity contribution in [3.05, 3.63) is 65.1 Å². The van der Waals surface area contributed by atoms with Gasteiger partial charge < -0.3 is 9.84 Å². The minimum atomic E-state index is -0.126. The highest BCUT2D eigenvalue weighted by molar-refractivity contribution is 5.97. The highest BCUT2D eigenvalue weighted by atomic mass is 35.5. The standard InChI is InChI=1S/C22H26N2O3.ClH/c1-4-27-20-10-7-11-24-21(16(3)23-22(20)24)19(26)13-17(14-25)12-18-9-6-5-8-15(18)2;/h5-11,17,25H,4,12-14H2,1-3H3;1H/t17-;/m0./s1. The van der Waals surface area contributed by atoms with Crippen LogP contribution in [-0.2, 0) is 6.42 Å². The van der Waals surface area contributed by atoms with Crippen LogP contribution in [0.5, 0.6) is 5.75 Å². The second-order valence-electron chi connectivity index (χ2n) is 6.85. The minimum absolute atomic E-state index is 0. The van der Waals surface area contributed by atoms with Crippen LogP contribution < -0.4 is 4.74 Å². The van der Waals surface area contributed by atoms with Crippen molar-refractivity contribution >= 4 is 23.8 Å². The van der Waals surface area contributed by atoms with Crippen LogP contribution in [0.2, 0.25) is 0 Å². The number of aliphatic hydroxyl groups is 1. The molecule has 0 amide bonds. The second-order valence-corrected chi connectivity index (χ2v) is 6.85. The van der Waals surface area contributed by atoms with Crippen LogP contribution in [0.4, 0.5) is 0 Å². The molecule has 0 fully saturated rings. The summed E-state index contributed by atoms with van der Waals surface area (Å²) in [5.74, 6) is 0.528. The summed E-state index contributed by atoms with van der Waals surface area (Å²) < 4.78 is 7.42. The number of aryl methyl sites for hydroxylation is 2. The van der Waals surface area contributed by atoms with E-state index in [0.717, 1.165) is 5.56 Å². The lowest BCUT2D eigenvalue weighted by Gasteiger charge is -2.15. The second kappa shape index (κ2) is 9.71. The number of hydrogen-bond acceptors (Lipinski definition) is 4. The van der Waals surface area contributed by atoms with Gasteiger partial charge >= 0.3 is 0 Å². The third kappa shape index (κ3) is 4.54. The number of aliphatic hydroxyl groups excluding tert-OH is 1. The molecular weight excluding hydrogens is 376 g/mol. The van der Waals surface area contributed by atoms with Crippen LogP contribution >= 0.6 is 12.4 Å². The predicted molar refractivity (Wildman–Crippen MR) is 113 cm³/mol. The zero-order valence-electron chi connectivity index (χ0n) is 16.5. The first-order valence-corrected chi connectivity index (χ1v) is 9.34. The van der Waals surface area contributed by atoms with E-state index >= 15 is 0 Å². The summed E-state index contributed by atoms with van der Waals surface area (Å²) in [4.78, 5) is 17.6. The van der Waals surface area contributed by atoms with Crippen molar-refractivity contribution in [1.82, 2.24) is 9.38 Å². The summed E-state index contributed by atoms with van der Waals surface area (Å²) in [5.41, 5.74) is 4.24. The summed E-state index contributed by atoms with van der Waals surface area (Å²) in [6, 6.07) is 11.8. The lowest BCUT2D eigenvalue weighted by atomic mass is 9.92. The molecule has 0 radical (unpaired) electrons. The van der Waals surface area contributed by atoms with Gasteiger partial charge in [-0.25, -0.2) is 4.98 Å². The van der Waals surface area contributed by atoms with E-state index < -0.39 is 0 Å². The van der Waals surface area contributed by atoms with Gasteiger partial charge in [0.05, 0.1) is 12.3 Å². The zero-order chi connectivity index (χ0) is 19.4. The molecule has 2 aromatic heterocycles. The largest absolute Gasteiger partial charge is 0.490 e. The number of rotatable bonds is 8. The quantitative estimate of drug-likeness (QED) is 0.573. The van der Waals surface area contributed by atoms with Crippen molar-refractivity contribution < 1.29 is 14.6 Å². The number of carbonyl (C=O) groups excluding carboxylic acids is 1. The van der Waals surface area contributed by atoms with Gasteiger partial charge in [-0.1, -0.05) is 24.3 Å². The van der Waals surface area contributed by atoms with E-state index in [-0.39, 0.29) is 37.1 Å². The van der Waals surface area contributed by atoms with Gasteiger partial charge in [0.15, 0.2) is 17.2 Å². The Bertz CT molecular complexity index is 952. The Morgan fingerprint density at radius 3 is 2.64 bits per heavy atom. The molecule has 3 rings (SSSR count). The minimum Gasteiger partial charge on any atom is -0.490 e. The highest BCUT2D eigenvalue weighted by Gasteiger charge is 2.22. The molecule has 3 aromatic rings. The van der Waals surface area contributed by atoms with Crippen LogP contribution in [0.25, 0.3) is 5.65 Å². The maximum absolute atomic E-state index is 13.0. The van der Waals surface area contributed by atoms with Gasteiger partial charge in [-0.15, -0.1) is 12.4 Å². The van der Waals surface area contributed by atoms with Gasteiger partial charge in [0.25, 0.3) is 0 Å². The first kappa shape index (κ1) is 21.9. The molecule has 6 heteroatoms. The first-order chi connectivity index (χ1) is 13.0. The molecule has 2 heterocycles. The van der Waals surface area contributed by atoms with Crippen LogP contribution in [0, 0.1) is 19.8 Å². The van der Waals surface area contributed by atoms with Crippen LogP contribution in [0.3, 0.4) is 0 Å². The van der Waals surface area contributed by atoms with Gasteiger partial charge in [0, 0.05) is 19.2 Å². The van der Waals surface area contributed by atoms with Gasteiger partial charge in [-0.05, 0) is 56.4 Å². The maximum Gasteiger partial charge on any atom is 0.181 e. The predicted octanol–water partition coefficient (Wildman–Crippen LogP) is 4.20. The molecule has 150 valence electrons. The third-order valence-electron chi connectivity index (χ3n) is 4.85. The van der Waals surface area contributed by atoms with E-state index in [4.69, 9.17) is 4.74 Å². The average molecular weight is 403 g/mol. The fourth-order valence-corrected chi connectivity index (χ4v) is 3.47. The Morgan fingerprint density at radius 1 is 1.21 bits per heavy atom. The fourth-order valence-electron chi connectivity index (χ4n) is 3.47. The van der Waals surface area contributed by atoms with Crippen molar-refractivity contribution in [3.8, 4) is 5.75 Å². The first-order valence-electron chi connectivity index (χ1n) is 9.34. The van der Waals surface area contributed by atoms with Crippen molar-refractivity contribution in [2.75, 3.05) is 13.2 Å². The van der Waals surface area contributed by atoms with Gasteiger partial charge in [0.1, 0.15) is 5.69 Å². The lowest BCUT2D eigenvalue weighted by molar-refractivity contribution is 0.0929. The van der Waals surface area contributed by atoms with Crippen molar-refractivity contribution in [3.63, 3.8) is 0 Å². The molecular formula is C22H27ClN2O3. The number of carbonyl (C=O) groups is 1. The van der Waals surface area contributed by atoms with Gasteiger partial charge in [0.2, 0.25) is 0 Å². The number of pyridine rings is 1. The molecule has 0 saturated heterocycles. The molecule has 0 unspecified atom stereocenters. The van der Waals surface area contributed by atoms with E-state index in [1.807, 2.05) is 44.3 Å². The summed E-state index contributed by atoms with van der Waals surface area (Å²) >= 11 is 0. The van der Waals surface area contributed by atoms with Crippen LogP contribution in [-0.4, -0.2) is 33.5 Å². The van der Waals surface area contributed by atoms with Crippen molar-refractivity contribution in [2.45, 2.75) is 33.6 Å². The highest BCUT2D eigenvalue weighted by Crippen LogP contribution is 2.24. The molecule has 1 atom stereocenters. The molecule has 0 aliphatic carbocycles. The maximum atomic E-state index is 13.0. The fraction of sp³-hybridized carbons (Fsp3) is 0.364. The van der Waals surface area contributed by atoms with E-state index in [0.29, 0.717) is 35.8 Å². The summed E-state index contributed by atoms with van der Waals surface area (Å²) in [7, 11) is 0. The normalized spacial score (nSPS) is 11.9. The lowest BCUT2D eigenvalue weighted by Crippen LogP contribution is -2.17. The molecule has 0 spiro atoms. The number of benzene rings is 1. The zero-order valence-corrected chi connectivity index (χ0v) is 17.3. The Hall–Kier alpha value is -2.37. The smallest absolute Gasteiger partial charge is 0.181 e. The molecule has 1 aromatic carbocycles. The van der Waals surface area contributed by atoms with Crippen molar-refractivity contribution in [2.24, 2.45) is 5.92 Å². The summed E-state index contributed by atoms with van der Waals surface area (Å²) in [6.07, 6.45) is 2.79. The average Bonchev–Trinajstić information content (AvgIpc) is 3.00. The number of halogens is 1. The molecule has 5 nitrogen and oxygen atoms in total. The van der Waals surface area contributed by atoms with E-state index in [1.54, 1.807) is 4.40 Å². The van der Waals surface area contributed by atoms with E-state index in [1.165, 1.54) is 5.56 Å². The number of ketones is 1. The number of aromatic nitrogens is 2. The molecule has 0 aliphatic heterocycles. The number of fused-ring (bicyclic) bond motifs is 1. The monoisotopic (exact) mass is 402 g/mol. The topological polar surface area (TPSA) is 63.8 Å². The Morgan fingerprint density at radius 2 is 1.96 bits per heavy atom. The number of imidazole rings is 1. The SMILES string of the molecule is CCOc1cccn2c(C(=O)C[C@@H](CO)Cc3ccccc3C)c(C)nc12.Cl. The Balaban J connectivity index is 0.00000280. The van der Waals surface area contributed by atoms with Crippen molar-refractivity contribution in [1.29, 1.82) is 0 Å². The Kier molecular flexibility index (Phi) is 7.61. The summed E-state index contributed by atoms with van der Waals surface area (Å²) in [5, 5.41) is 9.83. The summed E-state index contributed by atoms with van der Waals surface area (Å²) in [6.45, 7) is 6.32. The van der Waals surface area contributed by atoms with E-state index in [2.05, 4.69) is 24.0 Å². The molecule has 1 N–H and O–H groups in total. The van der Waals surface area contributed by atoms with Crippen LogP contribution in [0.1, 0.15) is 40.7 Å². The van der Waals surface area contributed by atoms with E-state index in [9.17, 15) is 9.90 Å². The number of Topliss-reactive ketones (excluding diaryl/α,β-unsaturated/α-hetero) is 1.